The SMILES string of the molecule is CNC(=O)C[C@@H]1NC(=O)c2csc(n2)-c2ccc(-c3nc(N(C(=O)C4CCC(C(=O)O)CC4)C4CC(C(=O)O)C4)cs3)nc2-c2csc(n2)-c2csc(n2)[C@H]([C@@H](O)c2ccccc2)NC(=O)CNC(=O)c2nc(sc2COC)C(C(C)C)NC(=O)c2nc1sc2C. The van der Waals surface area contributed by atoms with Crippen molar-refractivity contribution in [2.75, 3.05) is 25.6 Å². The molecule has 2 fully saturated rings. The quantitative estimate of drug-likeness (QED) is 0.0537. The lowest BCUT2D eigenvalue weighted by molar-refractivity contribution is -0.145. The number of methoxy groups -OCH3 is 1. The summed E-state index contributed by atoms with van der Waals surface area (Å²) in [7, 11) is 2.92. The van der Waals surface area contributed by atoms with Gasteiger partial charge in [-0.05, 0) is 69.1 Å². The average molecular weight is 1350 g/mol. The minimum absolute atomic E-state index is 0.00328. The van der Waals surface area contributed by atoms with Crippen LogP contribution < -0.4 is 31.5 Å². The molecular formula is C60H61N13O12S6. The molecule has 11 rings (SSSR count). The van der Waals surface area contributed by atoms with Crippen LogP contribution in [0.5, 0.6) is 0 Å². The van der Waals surface area contributed by atoms with Crippen molar-refractivity contribution >= 4 is 121 Å². The van der Waals surface area contributed by atoms with Crippen molar-refractivity contribution in [2.24, 2.45) is 23.7 Å². The summed E-state index contributed by atoms with van der Waals surface area (Å²) in [5.74, 6) is -6.68. The highest BCUT2D eigenvalue weighted by atomic mass is 32.1. The number of thiazole rings is 6. The number of carboxylic acids is 2. The molecule has 0 spiro atoms. The van der Waals surface area contributed by atoms with E-state index in [1.54, 1.807) is 75.8 Å². The van der Waals surface area contributed by atoms with Crippen molar-refractivity contribution in [3.05, 3.63) is 111 Å². The molecule has 474 valence electrons. The van der Waals surface area contributed by atoms with E-state index in [0.717, 1.165) is 34.0 Å². The Bertz CT molecular complexity index is 4070. The van der Waals surface area contributed by atoms with Gasteiger partial charge in [-0.2, -0.15) is 0 Å². The Kier molecular flexibility index (Phi) is 19.6. The highest BCUT2D eigenvalue weighted by Crippen LogP contribution is 2.43. The first kappa shape index (κ1) is 64.4. The number of ether oxygens (including phenoxy) is 1. The van der Waals surface area contributed by atoms with Crippen LogP contribution in [0.3, 0.4) is 0 Å². The number of aliphatic hydroxyl groups excluding tert-OH is 1. The van der Waals surface area contributed by atoms with Crippen molar-refractivity contribution in [3.63, 3.8) is 0 Å². The normalized spacial score (nSPS) is 20.9. The smallest absolute Gasteiger partial charge is 0.306 e. The molecule has 0 saturated heterocycles. The van der Waals surface area contributed by atoms with E-state index in [-0.39, 0.29) is 59.8 Å². The molecule has 6 amide bonds. The fourth-order valence-electron chi connectivity index (χ4n) is 11.0. The third-order valence-electron chi connectivity index (χ3n) is 16.0. The molecule has 8 heterocycles. The van der Waals surface area contributed by atoms with E-state index in [1.807, 2.05) is 13.8 Å². The number of nitrogens with one attached hydrogen (secondary N) is 5. The lowest BCUT2D eigenvalue weighted by Gasteiger charge is -2.42. The molecule has 2 saturated carbocycles. The lowest BCUT2D eigenvalue weighted by Crippen LogP contribution is -2.52. The molecule has 2 aliphatic carbocycles. The van der Waals surface area contributed by atoms with Crippen molar-refractivity contribution in [1.82, 2.24) is 61.5 Å². The summed E-state index contributed by atoms with van der Waals surface area (Å²) in [4.78, 5) is 145. The highest BCUT2D eigenvalue weighted by Gasteiger charge is 2.44. The van der Waals surface area contributed by atoms with E-state index in [9.17, 15) is 53.7 Å². The van der Waals surface area contributed by atoms with E-state index in [2.05, 4.69) is 26.6 Å². The first-order valence-corrected chi connectivity index (χ1v) is 34.1. The van der Waals surface area contributed by atoms with Gasteiger partial charge in [0.25, 0.3) is 17.7 Å². The Hall–Kier alpha value is -8.17. The minimum atomic E-state index is -1.30. The number of carbonyl (C=O) groups is 8. The number of pyridine rings is 1. The molecular weight excluding hydrogens is 1290 g/mol. The van der Waals surface area contributed by atoms with E-state index in [0.29, 0.717) is 100 Å². The number of nitrogens with zero attached hydrogens (tertiary/aromatic N) is 8. The van der Waals surface area contributed by atoms with Crippen LogP contribution in [0.1, 0.15) is 145 Å². The Labute approximate surface area is 544 Å². The first-order chi connectivity index (χ1) is 43.7. The molecule has 31 heteroatoms. The van der Waals surface area contributed by atoms with Gasteiger partial charge in [-0.25, -0.2) is 34.9 Å². The van der Waals surface area contributed by atoms with Crippen LogP contribution in [0.15, 0.2) is 64.0 Å². The van der Waals surface area contributed by atoms with Gasteiger partial charge in [0, 0.05) is 58.1 Å². The van der Waals surface area contributed by atoms with Gasteiger partial charge in [0.2, 0.25) is 17.7 Å². The van der Waals surface area contributed by atoms with Crippen molar-refractivity contribution in [2.45, 2.75) is 103 Å². The molecule has 7 aromatic heterocycles. The highest BCUT2D eigenvalue weighted by molar-refractivity contribution is 7.15. The number of amides is 6. The van der Waals surface area contributed by atoms with Crippen LogP contribution in [-0.4, -0.2) is 124 Å². The zero-order valence-electron chi connectivity index (χ0n) is 49.5. The summed E-state index contributed by atoms with van der Waals surface area (Å²) in [5.41, 5.74) is 2.44. The summed E-state index contributed by atoms with van der Waals surface area (Å²) in [6.45, 7) is 4.90. The van der Waals surface area contributed by atoms with Gasteiger partial charge >= 0.3 is 11.9 Å². The maximum absolute atomic E-state index is 14.5. The molecule has 1 aliphatic heterocycles. The molecule has 10 bridgehead atoms. The Morgan fingerprint density at radius 2 is 1.33 bits per heavy atom. The number of rotatable bonds is 13. The molecule has 3 aliphatic rings. The van der Waals surface area contributed by atoms with E-state index < -0.39 is 96.0 Å². The Morgan fingerprint density at radius 1 is 0.659 bits per heavy atom. The third-order valence-corrected chi connectivity index (χ3v) is 21.7. The second kappa shape index (κ2) is 27.7. The fourth-order valence-corrected chi connectivity index (χ4v) is 16.5. The van der Waals surface area contributed by atoms with Crippen LogP contribution in [-0.2, 0) is 35.3 Å². The van der Waals surface area contributed by atoms with Gasteiger partial charge in [-0.15, -0.1) is 68.0 Å². The molecule has 91 heavy (non-hydrogen) atoms. The van der Waals surface area contributed by atoms with Gasteiger partial charge in [-0.3, -0.25) is 43.3 Å². The summed E-state index contributed by atoms with van der Waals surface area (Å²) in [6, 6.07) is 8.89. The number of aliphatic carboxylic acids is 2. The number of hydrogen-bond acceptors (Lipinski definition) is 23. The summed E-state index contributed by atoms with van der Waals surface area (Å²) in [6.07, 6.45) is 0.314. The van der Waals surface area contributed by atoms with E-state index >= 15 is 0 Å². The summed E-state index contributed by atoms with van der Waals surface area (Å²) in [5, 5.41) is 54.6. The number of hydrogen-bond donors (Lipinski definition) is 8. The molecule has 25 nitrogen and oxygen atoms in total. The number of anilines is 1. The number of carbonyl (C=O) groups excluding carboxylic acids is 6. The molecule has 8 aromatic rings. The predicted octanol–water partition coefficient (Wildman–Crippen LogP) is 8.40. The monoisotopic (exact) mass is 1350 g/mol. The second-order valence-corrected chi connectivity index (χ2v) is 28.2. The van der Waals surface area contributed by atoms with Crippen LogP contribution in [0.4, 0.5) is 5.82 Å². The standard InChI is InChI=1S/C60H61N13O12S6/c1-26(2)43-57-72-46(39(91-57)21-85-5)50(78)62-20-42(75)69-47(48(76)28-9-7-6-8-10-28)56-67-38(24-88-56)54-65-36(22-87-54)45-33(52-66-37(23-86-52)49(77)64-35(19-41(74)61-4)55-71-44(27(3)90-55)51(79)70-43)15-16-34(63-45)53-68-40(25-89-53)73(32-17-31(18-32)60(83)84)58(80)29-11-13-30(14-12-29)59(81)82/h6-10,15-16,22-26,29-32,35,43,47-48,76H,11-14,17-21H2,1-5H3,(H,61,74)(H,62,78)(H,64,77)(H,69,75)(H,70,79)(H,81,82)(H,83,84)/t29?,30?,31?,32?,35-,43?,47-,48-/m0/s1. The number of aliphatic hydroxyl groups is 1. The fraction of sp³-hybridized carbons (Fsp3) is 0.383. The number of fused-ring (bicyclic) bond motifs is 14. The van der Waals surface area contributed by atoms with Gasteiger partial charge in [-0.1, -0.05) is 44.2 Å². The summed E-state index contributed by atoms with van der Waals surface area (Å²) < 4.78 is 5.46. The van der Waals surface area contributed by atoms with Crippen molar-refractivity contribution in [1.29, 1.82) is 0 Å². The van der Waals surface area contributed by atoms with Crippen LogP contribution in [0, 0.1) is 30.6 Å². The molecule has 0 radical (unpaired) electrons. The zero-order chi connectivity index (χ0) is 64.4. The number of aryl methyl sites for hydroxylation is 1. The maximum atomic E-state index is 14.5. The number of aromatic nitrogens is 7. The Morgan fingerprint density at radius 3 is 2.04 bits per heavy atom. The largest absolute Gasteiger partial charge is 0.481 e. The van der Waals surface area contributed by atoms with Gasteiger partial charge in [0.15, 0.2) is 0 Å². The third kappa shape index (κ3) is 14.0. The van der Waals surface area contributed by atoms with Gasteiger partial charge in [0.05, 0.1) is 54.1 Å². The van der Waals surface area contributed by atoms with Crippen LogP contribution in [0.2, 0.25) is 0 Å². The molecule has 1 unspecified atom stereocenters. The predicted molar refractivity (Wildman–Crippen MR) is 342 cm³/mol. The van der Waals surface area contributed by atoms with E-state index in [4.69, 9.17) is 39.6 Å². The van der Waals surface area contributed by atoms with Gasteiger partial charge in [0.1, 0.15) is 82.2 Å². The van der Waals surface area contributed by atoms with E-state index in [1.165, 1.54) is 48.2 Å². The van der Waals surface area contributed by atoms with Gasteiger partial charge < -0.3 is 46.6 Å². The number of benzene rings is 1. The van der Waals surface area contributed by atoms with Crippen LogP contribution in [0.25, 0.3) is 43.4 Å². The Balaban J connectivity index is 0.982. The second-order valence-electron chi connectivity index (χ2n) is 22.4. The van der Waals surface area contributed by atoms with Crippen LogP contribution >= 0.6 is 68.0 Å². The van der Waals surface area contributed by atoms with Crippen molar-refractivity contribution < 1.29 is 58.4 Å². The lowest BCUT2D eigenvalue weighted by atomic mass is 9.77. The number of carboxylic acid groups (broad SMARTS) is 2. The average Bonchev–Trinajstić information content (AvgIpc) is 1.79. The van der Waals surface area contributed by atoms with Crippen molar-refractivity contribution in [3.8, 4) is 43.4 Å². The molecule has 4 atom stereocenters. The zero-order valence-corrected chi connectivity index (χ0v) is 54.4. The molecule has 8 N–H and O–H groups in total. The summed E-state index contributed by atoms with van der Waals surface area (Å²) >= 11 is 7.07. The minimum Gasteiger partial charge on any atom is -0.481 e. The first-order valence-electron chi connectivity index (χ1n) is 29.0. The topological polar surface area (TPSA) is 360 Å². The maximum Gasteiger partial charge on any atom is 0.306 e. The molecule has 1 aromatic carbocycles.